The molecule has 166 valence electrons. The third-order valence-corrected chi connectivity index (χ3v) is 7.26. The molecule has 31 heavy (non-hydrogen) atoms. The van der Waals surface area contributed by atoms with Crippen molar-refractivity contribution in [3.63, 3.8) is 0 Å². The van der Waals surface area contributed by atoms with Crippen LogP contribution in [-0.2, 0) is 11.2 Å². The predicted molar refractivity (Wildman–Crippen MR) is 116 cm³/mol. The van der Waals surface area contributed by atoms with Gasteiger partial charge in [-0.3, -0.25) is 0 Å². The molecular formula is C23H26FNO5S. The number of pyridine rings is 1. The lowest BCUT2D eigenvalue weighted by Gasteiger charge is -2.40. The van der Waals surface area contributed by atoms with Gasteiger partial charge < -0.3 is 25.2 Å². The maximum atomic E-state index is 13.1. The minimum atomic E-state index is -1.40. The second-order valence-electron chi connectivity index (χ2n) is 8.05. The largest absolute Gasteiger partial charge is 0.394 e. The zero-order valence-electron chi connectivity index (χ0n) is 17.1. The van der Waals surface area contributed by atoms with E-state index >= 15 is 0 Å². The lowest BCUT2D eigenvalue weighted by Crippen LogP contribution is -2.55. The number of aliphatic hydroxyl groups excluding tert-OH is 4. The zero-order chi connectivity index (χ0) is 22.1. The van der Waals surface area contributed by atoms with Crippen molar-refractivity contribution >= 4 is 16.7 Å². The molecule has 0 amide bonds. The van der Waals surface area contributed by atoms with Crippen molar-refractivity contribution in [3.8, 4) is 0 Å². The Bertz CT molecular complexity index is 951. The van der Waals surface area contributed by atoms with E-state index in [2.05, 4.69) is 11.1 Å². The molecule has 3 heterocycles. The number of aliphatic hydroxyl groups is 4. The van der Waals surface area contributed by atoms with Gasteiger partial charge in [0.15, 0.2) is 0 Å². The van der Waals surface area contributed by atoms with Crippen LogP contribution in [0.2, 0.25) is 0 Å². The predicted octanol–water partition coefficient (Wildman–Crippen LogP) is 2.13. The van der Waals surface area contributed by atoms with Gasteiger partial charge in [-0.2, -0.15) is 4.39 Å². The summed E-state index contributed by atoms with van der Waals surface area (Å²) in [6, 6.07) is 8.83. The number of halogens is 1. The molecule has 2 aliphatic rings. The summed E-state index contributed by atoms with van der Waals surface area (Å²) in [4.78, 5) is 4.81. The molecule has 0 spiro atoms. The van der Waals surface area contributed by atoms with Crippen molar-refractivity contribution < 1.29 is 29.6 Å². The van der Waals surface area contributed by atoms with Crippen LogP contribution in [0.3, 0.4) is 0 Å². The molecule has 1 saturated heterocycles. The van der Waals surface area contributed by atoms with Crippen LogP contribution >= 0.6 is 11.8 Å². The molecule has 6 atom stereocenters. The molecule has 0 bridgehead atoms. The Balaban J connectivity index is 1.48. The Morgan fingerprint density at radius 2 is 1.94 bits per heavy atom. The molecule has 1 fully saturated rings. The van der Waals surface area contributed by atoms with E-state index < -0.39 is 43.1 Å². The first-order valence-electron chi connectivity index (χ1n) is 10.3. The molecule has 0 radical (unpaired) electrons. The summed E-state index contributed by atoms with van der Waals surface area (Å²) in [6.45, 7) is 1.57. The van der Waals surface area contributed by atoms with E-state index in [-0.39, 0.29) is 0 Å². The van der Waals surface area contributed by atoms with Crippen molar-refractivity contribution in [3.05, 3.63) is 70.8 Å². The molecule has 1 aromatic heterocycles. The van der Waals surface area contributed by atoms with E-state index in [0.29, 0.717) is 10.8 Å². The van der Waals surface area contributed by atoms with Crippen molar-refractivity contribution in [2.75, 3.05) is 6.61 Å². The number of nitrogens with zero attached hydrogens (tertiary/aromatic N) is 1. The molecule has 4 rings (SSSR count). The van der Waals surface area contributed by atoms with Gasteiger partial charge in [0.05, 0.1) is 6.61 Å². The van der Waals surface area contributed by atoms with Gasteiger partial charge in [-0.05, 0) is 48.6 Å². The van der Waals surface area contributed by atoms with E-state index in [9.17, 15) is 24.8 Å². The van der Waals surface area contributed by atoms with E-state index in [1.807, 2.05) is 25.1 Å². The molecule has 4 unspecified atom stereocenters. The fourth-order valence-electron chi connectivity index (χ4n) is 4.06. The molecule has 4 N–H and O–H groups in total. The molecule has 1 aromatic carbocycles. The van der Waals surface area contributed by atoms with Gasteiger partial charge in [0, 0.05) is 21.9 Å². The summed E-state index contributed by atoms with van der Waals surface area (Å²) >= 11 is 1.73. The first kappa shape index (κ1) is 22.4. The van der Waals surface area contributed by atoms with E-state index in [4.69, 9.17) is 4.74 Å². The number of aryl methyl sites for hydroxylation is 1. The first-order chi connectivity index (χ1) is 14.9. The first-order valence-corrected chi connectivity index (χ1v) is 11.1. The van der Waals surface area contributed by atoms with Gasteiger partial charge in [0.25, 0.3) is 0 Å². The molecule has 2 aromatic rings. The third kappa shape index (κ3) is 4.69. The summed E-state index contributed by atoms with van der Waals surface area (Å²) in [5, 5.41) is 40.3. The number of benzene rings is 1. The maximum Gasteiger partial charge on any atom is 0.212 e. The average Bonchev–Trinajstić information content (AvgIpc) is 3.23. The minimum Gasteiger partial charge on any atom is -0.394 e. The van der Waals surface area contributed by atoms with E-state index in [0.717, 1.165) is 34.4 Å². The Morgan fingerprint density at radius 1 is 1.13 bits per heavy atom. The highest BCUT2D eigenvalue weighted by Gasteiger charge is 2.44. The number of rotatable bonds is 5. The lowest BCUT2D eigenvalue weighted by molar-refractivity contribution is -0.231. The Kier molecular flexibility index (Phi) is 6.76. The number of aromatic nitrogens is 1. The van der Waals surface area contributed by atoms with Crippen LogP contribution in [0.4, 0.5) is 4.39 Å². The van der Waals surface area contributed by atoms with Crippen molar-refractivity contribution in [2.45, 2.75) is 55.5 Å². The van der Waals surface area contributed by atoms with Gasteiger partial charge in [0.2, 0.25) is 5.95 Å². The van der Waals surface area contributed by atoms with Crippen molar-refractivity contribution in [2.24, 2.45) is 0 Å². The standard InChI is InChI=1S/C23H26FNO5S/c1-12-2-3-13(23-22(29)21(28)20(27)17(11-26)30-23)8-15(12)9-16-5-6-18(31-16)14-4-7-19(24)25-10-14/h2-4,6-8,10,16-17,20-23,26-29H,5,9,11H2,1H3/t16?,17?,20-,21?,22-,23?/m1/s1. The highest BCUT2D eigenvalue weighted by atomic mass is 32.2. The topological polar surface area (TPSA) is 103 Å². The second-order valence-corrected chi connectivity index (χ2v) is 9.40. The lowest BCUT2D eigenvalue weighted by atomic mass is 9.89. The molecule has 2 aliphatic heterocycles. The van der Waals surface area contributed by atoms with Gasteiger partial charge in [0.1, 0.15) is 30.5 Å². The number of thioether (sulfide) groups is 1. The third-order valence-electron chi connectivity index (χ3n) is 5.91. The summed E-state index contributed by atoms with van der Waals surface area (Å²) in [5.74, 6) is -0.496. The number of ether oxygens (including phenoxy) is 1. The normalized spacial score (nSPS) is 31.0. The highest BCUT2D eigenvalue weighted by molar-refractivity contribution is 8.09. The number of hydrogen-bond acceptors (Lipinski definition) is 7. The zero-order valence-corrected chi connectivity index (χ0v) is 17.9. The fraction of sp³-hybridized carbons (Fsp3) is 0.435. The molecule has 8 heteroatoms. The van der Waals surface area contributed by atoms with Crippen molar-refractivity contribution in [1.82, 2.24) is 4.98 Å². The van der Waals surface area contributed by atoms with Crippen LogP contribution in [-0.4, -0.2) is 61.7 Å². The Hall–Kier alpha value is -1.81. The second kappa shape index (κ2) is 9.36. The van der Waals surface area contributed by atoms with Gasteiger partial charge in [-0.25, -0.2) is 4.98 Å². The Labute approximate surface area is 184 Å². The minimum absolute atomic E-state index is 0.309. The van der Waals surface area contributed by atoms with Crippen LogP contribution in [0.25, 0.3) is 4.91 Å². The molecular weight excluding hydrogens is 421 g/mol. The number of allylic oxidation sites excluding steroid dienone is 1. The van der Waals surface area contributed by atoms with Crippen LogP contribution in [0.5, 0.6) is 0 Å². The van der Waals surface area contributed by atoms with Gasteiger partial charge >= 0.3 is 0 Å². The molecule has 0 aliphatic carbocycles. The average molecular weight is 448 g/mol. The molecule has 6 nitrogen and oxygen atoms in total. The van der Waals surface area contributed by atoms with E-state index in [1.54, 1.807) is 24.0 Å². The van der Waals surface area contributed by atoms with Crippen LogP contribution < -0.4 is 0 Å². The molecule has 0 saturated carbocycles. The summed E-state index contributed by atoms with van der Waals surface area (Å²) in [6.07, 6.45) is -0.503. The monoisotopic (exact) mass is 447 g/mol. The van der Waals surface area contributed by atoms with Crippen LogP contribution in [0.1, 0.15) is 34.8 Å². The van der Waals surface area contributed by atoms with Crippen LogP contribution in [0, 0.1) is 12.9 Å². The quantitative estimate of drug-likeness (QED) is 0.521. The Morgan fingerprint density at radius 3 is 2.65 bits per heavy atom. The van der Waals surface area contributed by atoms with Crippen molar-refractivity contribution in [1.29, 1.82) is 0 Å². The van der Waals surface area contributed by atoms with Crippen LogP contribution in [0.15, 0.2) is 42.6 Å². The fourth-order valence-corrected chi connectivity index (χ4v) is 5.32. The highest BCUT2D eigenvalue weighted by Crippen LogP contribution is 2.41. The summed E-state index contributed by atoms with van der Waals surface area (Å²) < 4.78 is 18.8. The number of hydrogen-bond donors (Lipinski definition) is 4. The van der Waals surface area contributed by atoms with E-state index in [1.165, 1.54) is 6.07 Å². The maximum absolute atomic E-state index is 13.1. The summed E-state index contributed by atoms with van der Waals surface area (Å²) in [7, 11) is 0. The smallest absolute Gasteiger partial charge is 0.212 e. The SMILES string of the molecule is Cc1ccc(C2OC(CO)[C@@H](O)C(O)[C@H]2O)cc1CC1CC=C(c2ccc(F)nc2)S1. The van der Waals surface area contributed by atoms with Gasteiger partial charge in [-0.15, -0.1) is 11.8 Å². The van der Waals surface area contributed by atoms with Gasteiger partial charge in [-0.1, -0.05) is 24.3 Å². The summed E-state index contributed by atoms with van der Waals surface area (Å²) in [5.41, 5.74) is 3.79.